The van der Waals surface area contributed by atoms with Crippen LogP contribution in [0, 0.1) is 0 Å². The first kappa shape index (κ1) is 26.5. The van der Waals surface area contributed by atoms with Gasteiger partial charge in [-0.05, 0) is 54.5 Å². The summed E-state index contributed by atoms with van der Waals surface area (Å²) in [5.74, 6) is -0.708. The Balaban J connectivity index is 1.73. The van der Waals surface area contributed by atoms with Gasteiger partial charge < -0.3 is 21.1 Å². The molecule has 16 heteroatoms. The smallest absolute Gasteiger partial charge is 0.295 e. The van der Waals surface area contributed by atoms with Crippen LogP contribution in [0.2, 0.25) is 5.28 Å². The second-order valence-corrected chi connectivity index (χ2v) is 10.8. The summed E-state index contributed by atoms with van der Waals surface area (Å²) in [4.78, 5) is 10.6. The van der Waals surface area contributed by atoms with Crippen molar-refractivity contribution in [1.82, 2.24) is 20.3 Å². The molecule has 4 aromatic rings. The van der Waals surface area contributed by atoms with Crippen LogP contribution in [0.4, 0.5) is 23.3 Å². The number of nitrogens with one attached hydrogen (secondary N) is 3. The molecule has 3 aromatic carbocycles. The van der Waals surface area contributed by atoms with E-state index in [1.54, 1.807) is 0 Å². The molecule has 6 N–H and O–H groups in total. The molecule has 0 saturated heterocycles. The lowest BCUT2D eigenvalue weighted by Gasteiger charge is -2.13. The van der Waals surface area contributed by atoms with Crippen LogP contribution in [0.25, 0.3) is 10.8 Å². The van der Waals surface area contributed by atoms with Gasteiger partial charge in [0, 0.05) is 34.8 Å². The third-order valence-electron chi connectivity index (χ3n) is 5.01. The van der Waals surface area contributed by atoms with Crippen molar-refractivity contribution in [2.75, 3.05) is 17.7 Å². The molecule has 0 aliphatic rings. The van der Waals surface area contributed by atoms with Crippen LogP contribution < -0.4 is 16.0 Å². The monoisotopic (exact) mass is 566 g/mol. The fourth-order valence-electron chi connectivity index (χ4n) is 3.45. The van der Waals surface area contributed by atoms with Crippen molar-refractivity contribution in [3.63, 3.8) is 0 Å². The number of benzene rings is 3. The molecule has 0 spiro atoms. The zero-order valence-electron chi connectivity index (χ0n) is 18.8. The summed E-state index contributed by atoms with van der Waals surface area (Å²) in [6, 6.07) is 11.2. The highest BCUT2D eigenvalue weighted by Gasteiger charge is 2.22. The molecule has 1 heterocycles. The Bertz CT molecular complexity index is 1720. The number of hydrogen-bond donors (Lipinski definition) is 6. The molecular formula is C21H19ClN6O7S2. The summed E-state index contributed by atoms with van der Waals surface area (Å²) in [6.07, 6.45) is 0. The fraction of sp³-hybridized carbons (Fsp3) is 0.0952. The maximum absolute atomic E-state index is 12.1. The third kappa shape index (κ3) is 6.22. The minimum absolute atomic E-state index is 0.000309. The number of rotatable bonds is 8. The summed E-state index contributed by atoms with van der Waals surface area (Å²) in [5, 5.41) is 18.4. The minimum Gasteiger partial charge on any atom is -0.507 e. The van der Waals surface area contributed by atoms with E-state index in [0.29, 0.717) is 12.2 Å². The predicted molar refractivity (Wildman–Crippen MR) is 136 cm³/mol. The Hall–Kier alpha value is -3.60. The Labute approximate surface area is 216 Å². The van der Waals surface area contributed by atoms with E-state index >= 15 is 0 Å². The number of halogens is 1. The standard InChI is InChI=1S/C21H19ClN6O7S2/c1-23-10-11-2-4-12(5-3-11)24-20-26-19(22)27-21(28-20)25-13-6-15-16(18(7-13)37(33,34)35)8-14(9-17(15)29)36(30,31)32/h2-9,23,29H,10H2,1H3,(H,30,31,32)(H,33,34,35)(H2,24,25,26,27,28). The lowest BCUT2D eigenvalue weighted by Crippen LogP contribution is -2.06. The van der Waals surface area contributed by atoms with Crippen molar-refractivity contribution in [2.45, 2.75) is 16.3 Å². The van der Waals surface area contributed by atoms with Crippen molar-refractivity contribution in [2.24, 2.45) is 0 Å². The van der Waals surface area contributed by atoms with Gasteiger partial charge in [-0.15, -0.1) is 0 Å². The van der Waals surface area contributed by atoms with E-state index in [4.69, 9.17) is 11.6 Å². The summed E-state index contributed by atoms with van der Waals surface area (Å²) < 4.78 is 66.2. The summed E-state index contributed by atoms with van der Waals surface area (Å²) >= 11 is 6.03. The van der Waals surface area contributed by atoms with Crippen molar-refractivity contribution in [3.8, 4) is 5.75 Å². The second kappa shape index (κ2) is 10.0. The molecule has 0 atom stereocenters. The van der Waals surface area contributed by atoms with Crippen molar-refractivity contribution in [1.29, 1.82) is 0 Å². The van der Waals surface area contributed by atoms with Crippen molar-refractivity contribution >= 4 is 65.9 Å². The number of phenolic OH excluding ortho intramolecular Hbond substituents is 1. The molecule has 194 valence electrons. The van der Waals surface area contributed by atoms with Crippen LogP contribution in [0.3, 0.4) is 0 Å². The normalized spacial score (nSPS) is 12.0. The van der Waals surface area contributed by atoms with Gasteiger partial charge >= 0.3 is 0 Å². The molecule has 0 saturated carbocycles. The third-order valence-corrected chi connectivity index (χ3v) is 6.91. The lowest BCUT2D eigenvalue weighted by molar-refractivity contribution is 0.470. The largest absolute Gasteiger partial charge is 0.507 e. The summed E-state index contributed by atoms with van der Waals surface area (Å²) in [5.41, 5.74) is 1.72. The quantitative estimate of drug-likeness (QED) is 0.170. The number of nitrogens with zero attached hydrogens (tertiary/aromatic N) is 3. The van der Waals surface area contributed by atoms with E-state index in [1.165, 1.54) is 6.07 Å². The number of phenols is 1. The van der Waals surface area contributed by atoms with Crippen LogP contribution >= 0.6 is 11.6 Å². The molecule has 0 bridgehead atoms. The first-order valence-electron chi connectivity index (χ1n) is 10.3. The molecule has 0 aliphatic heterocycles. The highest BCUT2D eigenvalue weighted by atomic mass is 35.5. The Morgan fingerprint density at radius 3 is 2.00 bits per heavy atom. The van der Waals surface area contributed by atoms with Gasteiger partial charge in [-0.25, -0.2) is 0 Å². The Morgan fingerprint density at radius 2 is 1.43 bits per heavy atom. The molecule has 37 heavy (non-hydrogen) atoms. The van der Waals surface area contributed by atoms with Crippen LogP contribution in [-0.2, 0) is 26.8 Å². The van der Waals surface area contributed by atoms with Crippen LogP contribution in [0.1, 0.15) is 5.56 Å². The average Bonchev–Trinajstić information content (AvgIpc) is 2.79. The first-order valence-corrected chi connectivity index (χ1v) is 13.5. The average molecular weight is 567 g/mol. The molecule has 13 nitrogen and oxygen atoms in total. The molecule has 0 fully saturated rings. The topological polar surface area (TPSA) is 204 Å². The van der Waals surface area contributed by atoms with E-state index in [1.807, 2.05) is 31.3 Å². The maximum Gasteiger partial charge on any atom is 0.295 e. The van der Waals surface area contributed by atoms with Crippen LogP contribution in [-0.4, -0.2) is 53.0 Å². The van der Waals surface area contributed by atoms with Crippen molar-refractivity contribution < 1.29 is 31.0 Å². The molecule has 0 unspecified atom stereocenters. The van der Waals surface area contributed by atoms with Gasteiger partial charge in [0.2, 0.25) is 17.2 Å². The van der Waals surface area contributed by atoms with Gasteiger partial charge in [0.1, 0.15) is 10.6 Å². The van der Waals surface area contributed by atoms with Gasteiger partial charge in [-0.3, -0.25) is 9.11 Å². The van der Waals surface area contributed by atoms with Gasteiger partial charge in [-0.2, -0.15) is 31.8 Å². The fourth-order valence-corrected chi connectivity index (χ4v) is 4.86. The second-order valence-electron chi connectivity index (χ2n) is 7.69. The number of aromatic nitrogens is 3. The SMILES string of the molecule is CNCc1ccc(Nc2nc(Cl)nc(Nc3cc(S(=O)(=O)O)c4cc(S(=O)(=O)O)cc(O)c4c3)n2)cc1. The molecule has 4 rings (SSSR count). The predicted octanol–water partition coefficient (Wildman–Crippen LogP) is 3.08. The number of fused-ring (bicyclic) bond motifs is 1. The Morgan fingerprint density at radius 1 is 0.811 bits per heavy atom. The van der Waals surface area contributed by atoms with Crippen LogP contribution in [0.5, 0.6) is 5.75 Å². The zero-order chi connectivity index (χ0) is 27.0. The van der Waals surface area contributed by atoms with Crippen LogP contribution in [0.15, 0.2) is 58.3 Å². The summed E-state index contributed by atoms with van der Waals surface area (Å²) in [6.45, 7) is 0.690. The van der Waals surface area contributed by atoms with E-state index in [2.05, 4.69) is 30.9 Å². The van der Waals surface area contributed by atoms with Gasteiger partial charge in [0.15, 0.2) is 0 Å². The summed E-state index contributed by atoms with van der Waals surface area (Å²) in [7, 11) is -7.86. The maximum atomic E-state index is 12.1. The minimum atomic E-state index is -4.91. The molecule has 1 aromatic heterocycles. The van der Waals surface area contributed by atoms with Gasteiger partial charge in [0.25, 0.3) is 20.2 Å². The number of aromatic hydroxyl groups is 1. The first-order chi connectivity index (χ1) is 17.3. The molecule has 0 radical (unpaired) electrons. The number of anilines is 4. The highest BCUT2D eigenvalue weighted by molar-refractivity contribution is 7.86. The highest BCUT2D eigenvalue weighted by Crippen LogP contribution is 2.36. The lowest BCUT2D eigenvalue weighted by atomic mass is 10.1. The van der Waals surface area contributed by atoms with E-state index in [9.17, 15) is 31.0 Å². The zero-order valence-corrected chi connectivity index (χ0v) is 21.2. The molecular weight excluding hydrogens is 548 g/mol. The van der Waals surface area contributed by atoms with Gasteiger partial charge in [-0.1, -0.05) is 12.1 Å². The van der Waals surface area contributed by atoms with Gasteiger partial charge in [0.05, 0.1) is 4.90 Å². The Kier molecular flexibility index (Phi) is 7.18. The van der Waals surface area contributed by atoms with E-state index in [0.717, 1.165) is 23.8 Å². The number of hydrogen-bond acceptors (Lipinski definition) is 11. The van der Waals surface area contributed by atoms with E-state index in [-0.39, 0.29) is 33.6 Å². The van der Waals surface area contributed by atoms with Crippen molar-refractivity contribution in [3.05, 3.63) is 59.4 Å². The van der Waals surface area contributed by atoms with E-state index < -0.39 is 35.8 Å². The molecule has 0 amide bonds. The molecule has 0 aliphatic carbocycles.